The van der Waals surface area contributed by atoms with Crippen molar-refractivity contribution in [1.29, 1.82) is 0 Å². The molecule has 0 aromatic rings. The summed E-state index contributed by atoms with van der Waals surface area (Å²) < 4.78 is 0. The normalized spacial score (nSPS) is 20.4. The lowest BCUT2D eigenvalue weighted by Crippen LogP contribution is -2.61. The van der Waals surface area contributed by atoms with E-state index in [0.717, 1.165) is 32.5 Å². The van der Waals surface area contributed by atoms with Crippen molar-refractivity contribution in [3.8, 4) is 0 Å². The van der Waals surface area contributed by atoms with Gasteiger partial charge in [-0.05, 0) is 32.2 Å². The van der Waals surface area contributed by atoms with E-state index >= 15 is 0 Å². The molecule has 0 bridgehead atoms. The molecule has 0 aromatic carbocycles. The van der Waals surface area contributed by atoms with Crippen LogP contribution in [0.4, 0.5) is 0 Å². The molecule has 1 fully saturated rings. The fourth-order valence-corrected chi connectivity index (χ4v) is 1.97. The highest BCUT2D eigenvalue weighted by Gasteiger charge is 2.38. The van der Waals surface area contributed by atoms with Gasteiger partial charge in [0.25, 0.3) is 0 Å². The Morgan fingerprint density at radius 3 is 2.64 bits per heavy atom. The standard InChI is InChI=1S/C12H23NO/c1-3-5-6-7-8-9-13-10-12(14,4-2)11-13/h3,14H,1,4-11H2,2H3. The summed E-state index contributed by atoms with van der Waals surface area (Å²) in [6, 6.07) is 0. The molecule has 0 spiro atoms. The van der Waals surface area contributed by atoms with Crippen LogP contribution >= 0.6 is 0 Å². The Labute approximate surface area is 87.6 Å². The Bertz CT molecular complexity index is 173. The fraction of sp³-hybridized carbons (Fsp3) is 0.833. The molecule has 0 atom stereocenters. The number of likely N-dealkylation sites (tertiary alicyclic amines) is 1. The van der Waals surface area contributed by atoms with E-state index in [1.807, 2.05) is 6.08 Å². The molecule has 1 aliphatic heterocycles. The van der Waals surface area contributed by atoms with E-state index in [0.29, 0.717) is 0 Å². The summed E-state index contributed by atoms with van der Waals surface area (Å²) in [5.74, 6) is 0. The van der Waals surface area contributed by atoms with Crippen molar-refractivity contribution in [1.82, 2.24) is 4.90 Å². The van der Waals surface area contributed by atoms with Crippen molar-refractivity contribution in [2.45, 2.75) is 44.6 Å². The average molecular weight is 197 g/mol. The van der Waals surface area contributed by atoms with E-state index in [1.54, 1.807) is 0 Å². The Morgan fingerprint density at radius 2 is 2.07 bits per heavy atom. The van der Waals surface area contributed by atoms with E-state index in [-0.39, 0.29) is 5.60 Å². The van der Waals surface area contributed by atoms with Crippen LogP contribution in [0.25, 0.3) is 0 Å². The monoisotopic (exact) mass is 197 g/mol. The van der Waals surface area contributed by atoms with E-state index in [9.17, 15) is 5.11 Å². The van der Waals surface area contributed by atoms with Crippen molar-refractivity contribution in [2.75, 3.05) is 19.6 Å². The maximum absolute atomic E-state index is 9.77. The summed E-state index contributed by atoms with van der Waals surface area (Å²) in [6.07, 6.45) is 7.81. The molecule has 0 saturated carbocycles. The van der Waals surface area contributed by atoms with Crippen LogP contribution in [-0.4, -0.2) is 35.2 Å². The van der Waals surface area contributed by atoms with E-state index in [2.05, 4.69) is 18.4 Å². The SMILES string of the molecule is C=CCCCCCN1CC(O)(CC)C1. The molecule has 0 amide bonds. The number of aliphatic hydroxyl groups is 1. The molecule has 1 N–H and O–H groups in total. The minimum Gasteiger partial charge on any atom is -0.387 e. The van der Waals surface area contributed by atoms with Gasteiger partial charge < -0.3 is 5.11 Å². The largest absolute Gasteiger partial charge is 0.387 e. The Morgan fingerprint density at radius 1 is 1.36 bits per heavy atom. The molecule has 0 aliphatic carbocycles. The summed E-state index contributed by atoms with van der Waals surface area (Å²) >= 11 is 0. The van der Waals surface area contributed by atoms with Crippen molar-refractivity contribution in [3.63, 3.8) is 0 Å². The molecule has 0 unspecified atom stereocenters. The van der Waals surface area contributed by atoms with E-state index in [1.165, 1.54) is 19.3 Å². The summed E-state index contributed by atoms with van der Waals surface area (Å²) in [5, 5.41) is 9.77. The van der Waals surface area contributed by atoms with Gasteiger partial charge in [0.05, 0.1) is 5.60 Å². The number of nitrogens with zero attached hydrogens (tertiary/aromatic N) is 1. The minimum atomic E-state index is -0.360. The number of allylic oxidation sites excluding steroid dienone is 1. The maximum Gasteiger partial charge on any atom is 0.0897 e. The van der Waals surface area contributed by atoms with Gasteiger partial charge in [-0.3, -0.25) is 4.90 Å². The highest BCUT2D eigenvalue weighted by atomic mass is 16.3. The van der Waals surface area contributed by atoms with Crippen molar-refractivity contribution in [2.24, 2.45) is 0 Å². The maximum atomic E-state index is 9.77. The van der Waals surface area contributed by atoms with Crippen LogP contribution in [0.2, 0.25) is 0 Å². The molecule has 82 valence electrons. The third-order valence-electron chi connectivity index (χ3n) is 3.08. The van der Waals surface area contributed by atoms with Crippen LogP contribution < -0.4 is 0 Å². The molecule has 1 rings (SSSR count). The second-order valence-corrected chi connectivity index (χ2v) is 4.43. The van der Waals surface area contributed by atoms with Crippen molar-refractivity contribution < 1.29 is 5.11 Å². The first-order valence-corrected chi connectivity index (χ1v) is 5.76. The zero-order chi connectivity index (χ0) is 10.4. The molecule has 0 radical (unpaired) electrons. The summed E-state index contributed by atoms with van der Waals surface area (Å²) in [4.78, 5) is 2.34. The first-order chi connectivity index (χ1) is 6.70. The van der Waals surface area contributed by atoms with Gasteiger partial charge in [-0.15, -0.1) is 6.58 Å². The predicted octanol–water partition coefficient (Wildman–Crippen LogP) is 2.19. The number of unbranched alkanes of at least 4 members (excludes halogenated alkanes) is 3. The van der Waals surface area contributed by atoms with E-state index < -0.39 is 0 Å². The molecule has 1 heterocycles. The van der Waals surface area contributed by atoms with E-state index in [4.69, 9.17) is 0 Å². The molecule has 0 aromatic heterocycles. The first-order valence-electron chi connectivity index (χ1n) is 5.76. The molecule has 1 aliphatic rings. The average Bonchev–Trinajstić information content (AvgIpc) is 2.14. The van der Waals surface area contributed by atoms with Crippen LogP contribution in [-0.2, 0) is 0 Å². The van der Waals surface area contributed by atoms with Gasteiger partial charge >= 0.3 is 0 Å². The van der Waals surface area contributed by atoms with Crippen LogP contribution in [0.5, 0.6) is 0 Å². The van der Waals surface area contributed by atoms with Crippen molar-refractivity contribution >= 4 is 0 Å². The van der Waals surface area contributed by atoms with Gasteiger partial charge in [0.15, 0.2) is 0 Å². The summed E-state index contributed by atoms with van der Waals surface area (Å²) in [5.41, 5.74) is -0.360. The fourth-order valence-electron chi connectivity index (χ4n) is 1.97. The third-order valence-corrected chi connectivity index (χ3v) is 3.08. The molecule has 2 heteroatoms. The van der Waals surface area contributed by atoms with Gasteiger partial charge in [0, 0.05) is 13.1 Å². The zero-order valence-electron chi connectivity index (χ0n) is 9.34. The number of hydrogen-bond acceptors (Lipinski definition) is 2. The lowest BCUT2D eigenvalue weighted by atomic mass is 9.91. The second-order valence-electron chi connectivity index (χ2n) is 4.43. The second kappa shape index (κ2) is 5.52. The highest BCUT2D eigenvalue weighted by molar-refractivity contribution is 4.93. The first kappa shape index (κ1) is 11.7. The zero-order valence-corrected chi connectivity index (χ0v) is 9.34. The van der Waals surface area contributed by atoms with Gasteiger partial charge in [-0.25, -0.2) is 0 Å². The molecule has 1 saturated heterocycles. The van der Waals surface area contributed by atoms with Crippen LogP contribution in [0.3, 0.4) is 0 Å². The smallest absolute Gasteiger partial charge is 0.0897 e. The number of β-amino-alcohol motifs (C(OH)–C–C–N with tert-alkyl or cyclic N) is 1. The minimum absolute atomic E-state index is 0.360. The van der Waals surface area contributed by atoms with Crippen molar-refractivity contribution in [3.05, 3.63) is 12.7 Å². The van der Waals surface area contributed by atoms with Crippen LogP contribution in [0.15, 0.2) is 12.7 Å². The van der Waals surface area contributed by atoms with Gasteiger partial charge in [0.1, 0.15) is 0 Å². The van der Waals surface area contributed by atoms with Gasteiger partial charge in [-0.2, -0.15) is 0 Å². The summed E-state index contributed by atoms with van der Waals surface area (Å²) in [7, 11) is 0. The van der Waals surface area contributed by atoms with Gasteiger partial charge in [0.2, 0.25) is 0 Å². The highest BCUT2D eigenvalue weighted by Crippen LogP contribution is 2.24. The summed E-state index contributed by atoms with van der Waals surface area (Å²) in [6.45, 7) is 8.68. The predicted molar refractivity (Wildman–Crippen MR) is 60.3 cm³/mol. The quantitative estimate of drug-likeness (QED) is 0.499. The molecular weight excluding hydrogens is 174 g/mol. The third kappa shape index (κ3) is 3.43. The molecular formula is C12H23NO. The number of rotatable bonds is 7. The topological polar surface area (TPSA) is 23.5 Å². The Kier molecular flexibility index (Phi) is 4.63. The van der Waals surface area contributed by atoms with Crippen LogP contribution in [0, 0.1) is 0 Å². The Hall–Kier alpha value is -0.340. The lowest BCUT2D eigenvalue weighted by Gasteiger charge is -2.46. The molecule has 2 nitrogen and oxygen atoms in total. The van der Waals surface area contributed by atoms with Gasteiger partial charge in [-0.1, -0.05) is 19.4 Å². The lowest BCUT2D eigenvalue weighted by molar-refractivity contribution is -0.0994. The van der Waals surface area contributed by atoms with Crippen LogP contribution in [0.1, 0.15) is 39.0 Å². The Balaban J connectivity index is 1.93. The molecule has 14 heavy (non-hydrogen) atoms. The number of hydrogen-bond donors (Lipinski definition) is 1.